The first-order valence-electron chi connectivity index (χ1n) is 5.17. The molecule has 0 radical (unpaired) electrons. The standard InChI is InChI=1S/C12H14O4/c1-2-3-4-9-5-7-10(8-6-9)11(13)16-12(14)15/h5-8H,2-4H2,1H3,(H,14,15). The molecular formula is C12H14O4. The number of esters is 1. The van der Waals surface area contributed by atoms with Gasteiger partial charge in [-0.25, -0.2) is 9.59 Å². The molecule has 0 aliphatic carbocycles. The van der Waals surface area contributed by atoms with Crippen molar-refractivity contribution in [2.24, 2.45) is 0 Å². The highest BCUT2D eigenvalue weighted by Crippen LogP contribution is 2.09. The molecule has 86 valence electrons. The zero-order chi connectivity index (χ0) is 12.0. The molecule has 0 atom stereocenters. The summed E-state index contributed by atoms with van der Waals surface area (Å²) < 4.78 is 4.03. The molecule has 0 fully saturated rings. The van der Waals surface area contributed by atoms with Crippen LogP contribution in [0.25, 0.3) is 0 Å². The molecule has 4 heteroatoms. The third kappa shape index (κ3) is 3.73. The first-order valence-corrected chi connectivity index (χ1v) is 5.17. The highest BCUT2D eigenvalue weighted by molar-refractivity contribution is 5.94. The van der Waals surface area contributed by atoms with E-state index in [-0.39, 0.29) is 5.56 Å². The van der Waals surface area contributed by atoms with E-state index in [1.165, 1.54) is 0 Å². The van der Waals surface area contributed by atoms with Gasteiger partial charge in [-0.05, 0) is 30.5 Å². The Morgan fingerprint density at radius 3 is 2.38 bits per heavy atom. The number of carbonyl (C=O) groups excluding carboxylic acids is 1. The topological polar surface area (TPSA) is 63.6 Å². The molecule has 1 aromatic carbocycles. The van der Waals surface area contributed by atoms with Crippen molar-refractivity contribution < 1.29 is 19.4 Å². The number of ether oxygens (including phenoxy) is 1. The highest BCUT2D eigenvalue weighted by atomic mass is 16.7. The molecule has 0 bridgehead atoms. The van der Waals surface area contributed by atoms with Crippen molar-refractivity contribution in [2.45, 2.75) is 26.2 Å². The first kappa shape index (κ1) is 12.2. The van der Waals surface area contributed by atoms with Crippen LogP contribution in [0.4, 0.5) is 4.79 Å². The van der Waals surface area contributed by atoms with Crippen LogP contribution in [0.3, 0.4) is 0 Å². The van der Waals surface area contributed by atoms with Crippen LogP contribution < -0.4 is 0 Å². The van der Waals surface area contributed by atoms with E-state index in [4.69, 9.17) is 5.11 Å². The van der Waals surface area contributed by atoms with Gasteiger partial charge in [-0.1, -0.05) is 25.5 Å². The fourth-order valence-corrected chi connectivity index (χ4v) is 1.33. The number of hydrogen-bond donors (Lipinski definition) is 1. The predicted molar refractivity (Wildman–Crippen MR) is 58.5 cm³/mol. The van der Waals surface area contributed by atoms with Gasteiger partial charge in [0.05, 0.1) is 5.56 Å². The van der Waals surface area contributed by atoms with E-state index in [2.05, 4.69) is 11.7 Å². The van der Waals surface area contributed by atoms with E-state index in [0.717, 1.165) is 24.8 Å². The summed E-state index contributed by atoms with van der Waals surface area (Å²) in [4.78, 5) is 21.3. The minimum absolute atomic E-state index is 0.252. The second kappa shape index (κ2) is 5.90. The summed E-state index contributed by atoms with van der Waals surface area (Å²) in [6, 6.07) is 6.79. The molecule has 0 heterocycles. The summed E-state index contributed by atoms with van der Waals surface area (Å²) in [5, 5.41) is 8.27. The molecule has 1 N–H and O–H groups in total. The van der Waals surface area contributed by atoms with Crippen LogP contribution in [0, 0.1) is 0 Å². The Kier molecular flexibility index (Phi) is 4.51. The van der Waals surface area contributed by atoms with Gasteiger partial charge in [0.15, 0.2) is 0 Å². The monoisotopic (exact) mass is 222 g/mol. The van der Waals surface area contributed by atoms with Crippen molar-refractivity contribution in [3.8, 4) is 0 Å². The van der Waals surface area contributed by atoms with Gasteiger partial charge in [-0.2, -0.15) is 0 Å². The van der Waals surface area contributed by atoms with Crippen molar-refractivity contribution >= 4 is 12.1 Å². The van der Waals surface area contributed by atoms with Crippen LogP contribution in [-0.2, 0) is 11.2 Å². The average molecular weight is 222 g/mol. The SMILES string of the molecule is CCCCc1ccc(C(=O)OC(=O)O)cc1. The Labute approximate surface area is 93.9 Å². The lowest BCUT2D eigenvalue weighted by molar-refractivity contribution is 0.0509. The Balaban J connectivity index is 2.63. The lowest BCUT2D eigenvalue weighted by atomic mass is 10.1. The van der Waals surface area contributed by atoms with Crippen molar-refractivity contribution in [3.63, 3.8) is 0 Å². The van der Waals surface area contributed by atoms with Crippen LogP contribution in [0.5, 0.6) is 0 Å². The molecule has 0 unspecified atom stereocenters. The van der Waals surface area contributed by atoms with Crippen molar-refractivity contribution in [2.75, 3.05) is 0 Å². The zero-order valence-electron chi connectivity index (χ0n) is 9.10. The van der Waals surface area contributed by atoms with Gasteiger partial charge in [0.1, 0.15) is 0 Å². The number of benzene rings is 1. The quantitative estimate of drug-likeness (QED) is 0.628. The Morgan fingerprint density at radius 1 is 1.25 bits per heavy atom. The Hall–Kier alpha value is -1.84. The van der Waals surface area contributed by atoms with Gasteiger partial charge >= 0.3 is 12.1 Å². The number of hydrogen-bond acceptors (Lipinski definition) is 3. The smallest absolute Gasteiger partial charge is 0.449 e. The van der Waals surface area contributed by atoms with E-state index in [9.17, 15) is 9.59 Å². The third-order valence-electron chi connectivity index (χ3n) is 2.19. The predicted octanol–water partition coefficient (Wildman–Crippen LogP) is 2.86. The van der Waals surface area contributed by atoms with Crippen LogP contribution in [0.1, 0.15) is 35.7 Å². The number of rotatable bonds is 4. The van der Waals surface area contributed by atoms with Crippen molar-refractivity contribution in [1.29, 1.82) is 0 Å². The minimum atomic E-state index is -1.58. The van der Waals surface area contributed by atoms with Crippen LogP contribution in [0.2, 0.25) is 0 Å². The number of unbranched alkanes of at least 4 members (excludes halogenated alkanes) is 1. The summed E-state index contributed by atoms with van der Waals surface area (Å²) in [6.07, 6.45) is 1.59. The second-order valence-electron chi connectivity index (χ2n) is 3.46. The molecule has 0 aromatic heterocycles. The molecule has 16 heavy (non-hydrogen) atoms. The summed E-state index contributed by atoms with van der Waals surface area (Å²) >= 11 is 0. The number of carbonyl (C=O) groups is 2. The third-order valence-corrected chi connectivity index (χ3v) is 2.19. The highest BCUT2D eigenvalue weighted by Gasteiger charge is 2.10. The number of carboxylic acid groups (broad SMARTS) is 1. The number of aryl methyl sites for hydroxylation is 1. The van der Waals surface area contributed by atoms with Gasteiger partial charge in [0.2, 0.25) is 0 Å². The summed E-state index contributed by atoms with van der Waals surface area (Å²) in [5.74, 6) is -0.838. The summed E-state index contributed by atoms with van der Waals surface area (Å²) in [5.41, 5.74) is 1.39. The van der Waals surface area contributed by atoms with Crippen LogP contribution in [0.15, 0.2) is 24.3 Å². The molecule has 0 aliphatic rings. The van der Waals surface area contributed by atoms with Gasteiger partial charge in [0, 0.05) is 0 Å². The lowest BCUT2D eigenvalue weighted by Crippen LogP contribution is -2.09. The molecule has 0 amide bonds. The maximum absolute atomic E-state index is 11.2. The largest absolute Gasteiger partial charge is 0.513 e. The average Bonchev–Trinajstić information content (AvgIpc) is 2.26. The Bertz CT molecular complexity index is 367. The lowest BCUT2D eigenvalue weighted by Gasteiger charge is -2.02. The molecule has 0 spiro atoms. The minimum Gasteiger partial charge on any atom is -0.449 e. The fraction of sp³-hybridized carbons (Fsp3) is 0.333. The van der Waals surface area contributed by atoms with E-state index in [1.807, 2.05) is 12.1 Å². The van der Waals surface area contributed by atoms with E-state index in [0.29, 0.717) is 0 Å². The summed E-state index contributed by atoms with van der Waals surface area (Å²) in [6.45, 7) is 2.11. The van der Waals surface area contributed by atoms with Crippen LogP contribution in [-0.4, -0.2) is 17.2 Å². The van der Waals surface area contributed by atoms with Crippen molar-refractivity contribution in [1.82, 2.24) is 0 Å². The van der Waals surface area contributed by atoms with Crippen molar-refractivity contribution in [3.05, 3.63) is 35.4 Å². The van der Waals surface area contributed by atoms with Gasteiger partial charge in [-0.15, -0.1) is 0 Å². The molecule has 1 aromatic rings. The maximum Gasteiger partial charge on any atom is 0.513 e. The molecule has 4 nitrogen and oxygen atoms in total. The second-order valence-corrected chi connectivity index (χ2v) is 3.46. The Morgan fingerprint density at radius 2 is 1.88 bits per heavy atom. The maximum atomic E-state index is 11.2. The van der Waals surface area contributed by atoms with E-state index < -0.39 is 12.1 Å². The molecule has 1 rings (SSSR count). The van der Waals surface area contributed by atoms with Gasteiger partial charge < -0.3 is 9.84 Å². The normalized spacial score (nSPS) is 9.81. The van der Waals surface area contributed by atoms with E-state index in [1.54, 1.807) is 12.1 Å². The van der Waals surface area contributed by atoms with Gasteiger partial charge in [0.25, 0.3) is 0 Å². The summed E-state index contributed by atoms with van der Waals surface area (Å²) in [7, 11) is 0. The van der Waals surface area contributed by atoms with Gasteiger partial charge in [-0.3, -0.25) is 0 Å². The first-order chi connectivity index (χ1) is 7.63. The fourth-order valence-electron chi connectivity index (χ4n) is 1.33. The van der Waals surface area contributed by atoms with E-state index >= 15 is 0 Å². The molecule has 0 saturated carbocycles. The molecular weight excluding hydrogens is 208 g/mol. The van der Waals surface area contributed by atoms with Crippen LogP contribution >= 0.6 is 0 Å². The zero-order valence-corrected chi connectivity index (χ0v) is 9.10. The molecule has 0 aliphatic heterocycles. The molecule has 0 saturated heterocycles.